The SMILES string of the molecule is Cc1ccc(CN(C(=O)CN(c2ccc(C34CC5CC(CC(C5)C3)C4)cc2)S(C)(=O)=O)C(C)C(=O)NC2CCCC2)cc1. The van der Waals surface area contributed by atoms with Gasteiger partial charge in [-0.2, -0.15) is 0 Å². The number of nitrogens with one attached hydrogen (secondary N) is 1. The highest BCUT2D eigenvalue weighted by Crippen LogP contribution is 2.60. The molecule has 0 aromatic heterocycles. The molecule has 1 unspecified atom stereocenters. The van der Waals surface area contributed by atoms with Crippen LogP contribution in [0.5, 0.6) is 0 Å². The molecule has 0 spiro atoms. The summed E-state index contributed by atoms with van der Waals surface area (Å²) in [6, 6.07) is 15.2. The van der Waals surface area contributed by atoms with Gasteiger partial charge in [0.1, 0.15) is 12.6 Å². The molecule has 7 nitrogen and oxygen atoms in total. The lowest BCUT2D eigenvalue weighted by molar-refractivity contribution is -0.139. The van der Waals surface area contributed by atoms with Gasteiger partial charge in [0.25, 0.3) is 0 Å². The van der Waals surface area contributed by atoms with Crippen LogP contribution in [0.15, 0.2) is 48.5 Å². The zero-order valence-electron chi connectivity index (χ0n) is 25.9. The third-order valence-electron chi connectivity index (χ3n) is 10.8. The fourth-order valence-corrected chi connectivity index (χ4v) is 9.77. The van der Waals surface area contributed by atoms with Gasteiger partial charge in [0.2, 0.25) is 21.8 Å². The Kier molecular flexibility index (Phi) is 8.35. The van der Waals surface area contributed by atoms with Crippen LogP contribution in [-0.2, 0) is 31.6 Å². The summed E-state index contributed by atoms with van der Waals surface area (Å²) in [4.78, 5) is 28.8. The van der Waals surface area contributed by atoms with E-state index in [1.807, 2.05) is 43.3 Å². The Bertz CT molecular complexity index is 1400. The predicted octanol–water partition coefficient (Wildman–Crippen LogP) is 5.70. The molecule has 1 atom stereocenters. The Morgan fingerprint density at radius 1 is 0.907 bits per heavy atom. The molecule has 0 aliphatic heterocycles. The topological polar surface area (TPSA) is 86.8 Å². The summed E-state index contributed by atoms with van der Waals surface area (Å²) in [5.41, 5.74) is 4.02. The van der Waals surface area contributed by atoms with E-state index in [1.54, 1.807) is 6.92 Å². The van der Waals surface area contributed by atoms with Crippen LogP contribution in [0.3, 0.4) is 0 Å². The smallest absolute Gasteiger partial charge is 0.244 e. The number of carbonyl (C=O) groups excluding carboxylic acids is 2. The van der Waals surface area contributed by atoms with Gasteiger partial charge < -0.3 is 10.2 Å². The highest BCUT2D eigenvalue weighted by Gasteiger charge is 2.51. The molecular formula is C35H47N3O4S. The second-order valence-electron chi connectivity index (χ2n) is 14.2. The van der Waals surface area contributed by atoms with Crippen molar-refractivity contribution in [2.75, 3.05) is 17.1 Å². The van der Waals surface area contributed by atoms with Gasteiger partial charge in [-0.3, -0.25) is 13.9 Å². The maximum atomic E-state index is 14.0. The number of nitrogens with zero attached hydrogens (tertiary/aromatic N) is 2. The average Bonchev–Trinajstić information content (AvgIpc) is 3.47. The summed E-state index contributed by atoms with van der Waals surface area (Å²) < 4.78 is 27.4. The molecule has 0 saturated heterocycles. The van der Waals surface area contributed by atoms with Gasteiger partial charge in [0, 0.05) is 12.6 Å². The lowest BCUT2D eigenvalue weighted by atomic mass is 9.48. The number of carbonyl (C=O) groups is 2. The maximum Gasteiger partial charge on any atom is 0.244 e. The van der Waals surface area contributed by atoms with Crippen LogP contribution in [0.4, 0.5) is 5.69 Å². The number of hydrogen-bond acceptors (Lipinski definition) is 4. The first-order valence-corrected chi connectivity index (χ1v) is 18.1. The number of aryl methyl sites for hydroxylation is 1. The van der Waals surface area contributed by atoms with Gasteiger partial charge >= 0.3 is 0 Å². The molecule has 8 heteroatoms. The minimum absolute atomic E-state index is 0.131. The van der Waals surface area contributed by atoms with E-state index in [0.29, 0.717) is 5.69 Å². The van der Waals surface area contributed by atoms with E-state index in [-0.39, 0.29) is 30.5 Å². The Labute approximate surface area is 257 Å². The first-order chi connectivity index (χ1) is 20.5. The molecule has 7 rings (SSSR count). The molecule has 5 saturated carbocycles. The van der Waals surface area contributed by atoms with Crippen LogP contribution in [0, 0.1) is 24.7 Å². The number of amides is 2. The summed E-state index contributed by atoms with van der Waals surface area (Å²) in [6.07, 6.45) is 13.1. The molecule has 0 radical (unpaired) electrons. The van der Waals surface area contributed by atoms with Crippen molar-refractivity contribution in [3.63, 3.8) is 0 Å². The molecule has 5 aliphatic rings. The Balaban J connectivity index is 1.22. The number of hydrogen-bond donors (Lipinski definition) is 1. The summed E-state index contributed by atoms with van der Waals surface area (Å²) in [7, 11) is -3.76. The lowest BCUT2D eigenvalue weighted by Crippen LogP contribution is -2.52. The second kappa shape index (κ2) is 11.9. The van der Waals surface area contributed by atoms with Crippen molar-refractivity contribution in [1.29, 1.82) is 0 Å². The van der Waals surface area contributed by atoms with E-state index < -0.39 is 22.0 Å². The van der Waals surface area contributed by atoms with Crippen LogP contribution in [0.25, 0.3) is 0 Å². The Hall–Kier alpha value is -2.87. The molecule has 1 N–H and O–H groups in total. The minimum atomic E-state index is -3.76. The summed E-state index contributed by atoms with van der Waals surface area (Å²) in [6.45, 7) is 3.60. The van der Waals surface area contributed by atoms with Crippen LogP contribution >= 0.6 is 0 Å². The van der Waals surface area contributed by atoms with E-state index in [2.05, 4.69) is 17.4 Å². The average molecular weight is 606 g/mol. The molecule has 2 aromatic carbocycles. The fraction of sp³-hybridized carbons (Fsp3) is 0.600. The van der Waals surface area contributed by atoms with Crippen LogP contribution in [-0.4, -0.2) is 50.0 Å². The van der Waals surface area contributed by atoms with Crippen molar-refractivity contribution in [3.05, 3.63) is 65.2 Å². The first kappa shape index (κ1) is 30.2. The molecule has 5 aliphatic carbocycles. The highest BCUT2D eigenvalue weighted by atomic mass is 32.2. The summed E-state index contributed by atoms with van der Waals surface area (Å²) >= 11 is 0. The molecule has 4 bridgehead atoms. The van der Waals surface area contributed by atoms with Crippen molar-refractivity contribution < 1.29 is 18.0 Å². The number of sulfonamides is 1. The van der Waals surface area contributed by atoms with Crippen LogP contribution in [0.2, 0.25) is 0 Å². The highest BCUT2D eigenvalue weighted by molar-refractivity contribution is 7.92. The Morgan fingerprint density at radius 3 is 2.00 bits per heavy atom. The standard InChI is InChI=1S/C35H47N3O4S/c1-24-8-10-26(11-9-24)22-37(25(2)34(40)36-31-6-4-5-7-31)33(39)23-38(43(3,41)42)32-14-12-30(13-15-32)35-19-27-16-28(20-35)18-29(17-27)21-35/h8-15,25,27-29,31H,4-7,16-23H2,1-3H3,(H,36,40). The zero-order valence-corrected chi connectivity index (χ0v) is 26.7. The maximum absolute atomic E-state index is 14.0. The molecule has 43 heavy (non-hydrogen) atoms. The lowest BCUT2D eigenvalue weighted by Gasteiger charge is -2.57. The van der Waals surface area contributed by atoms with Crippen LogP contribution < -0.4 is 9.62 Å². The normalized spacial score (nSPS) is 27.2. The Morgan fingerprint density at radius 2 is 1.47 bits per heavy atom. The van der Waals surface area contributed by atoms with Crippen molar-refractivity contribution in [2.24, 2.45) is 17.8 Å². The molecule has 232 valence electrons. The molecule has 2 amide bonds. The third kappa shape index (κ3) is 6.50. The summed E-state index contributed by atoms with van der Waals surface area (Å²) in [5.74, 6) is 1.87. The van der Waals surface area contributed by atoms with Crippen molar-refractivity contribution in [3.8, 4) is 0 Å². The van der Waals surface area contributed by atoms with Gasteiger partial charge in [-0.1, -0.05) is 54.8 Å². The van der Waals surface area contributed by atoms with Crippen molar-refractivity contribution >= 4 is 27.5 Å². The first-order valence-electron chi connectivity index (χ1n) is 16.2. The predicted molar refractivity (Wildman–Crippen MR) is 170 cm³/mol. The van der Waals surface area contributed by atoms with Gasteiger partial charge in [0.15, 0.2) is 0 Å². The second-order valence-corrected chi connectivity index (χ2v) is 16.1. The van der Waals surface area contributed by atoms with Crippen molar-refractivity contribution in [2.45, 2.75) is 102 Å². The van der Waals surface area contributed by atoms with E-state index >= 15 is 0 Å². The van der Waals surface area contributed by atoms with Crippen molar-refractivity contribution in [1.82, 2.24) is 10.2 Å². The van der Waals surface area contributed by atoms with Gasteiger partial charge in [-0.05, 0) is 112 Å². The van der Waals surface area contributed by atoms with Crippen LogP contribution in [0.1, 0.15) is 87.8 Å². The largest absolute Gasteiger partial charge is 0.352 e. The summed E-state index contributed by atoms with van der Waals surface area (Å²) in [5, 5.41) is 3.12. The quantitative estimate of drug-likeness (QED) is 0.376. The zero-order chi connectivity index (χ0) is 30.4. The van der Waals surface area contributed by atoms with E-state index in [9.17, 15) is 18.0 Å². The molecule has 5 fully saturated rings. The number of benzene rings is 2. The third-order valence-corrected chi connectivity index (χ3v) is 12.0. The monoisotopic (exact) mass is 605 g/mol. The number of anilines is 1. The molecule has 0 heterocycles. The van der Waals surface area contributed by atoms with Gasteiger partial charge in [0.05, 0.1) is 11.9 Å². The molecule has 2 aromatic rings. The minimum Gasteiger partial charge on any atom is -0.352 e. The molecular weight excluding hydrogens is 558 g/mol. The van der Waals surface area contributed by atoms with E-state index in [0.717, 1.165) is 60.8 Å². The number of rotatable bonds is 10. The van der Waals surface area contributed by atoms with Gasteiger partial charge in [-0.15, -0.1) is 0 Å². The van der Waals surface area contributed by atoms with E-state index in [1.165, 1.54) is 53.3 Å². The fourth-order valence-electron chi connectivity index (χ4n) is 8.92. The van der Waals surface area contributed by atoms with E-state index in [4.69, 9.17) is 0 Å². The van der Waals surface area contributed by atoms with Gasteiger partial charge in [-0.25, -0.2) is 8.42 Å².